The third-order valence-corrected chi connectivity index (χ3v) is 3.07. The predicted octanol–water partition coefficient (Wildman–Crippen LogP) is 3.26. The molecule has 0 spiro atoms. The highest BCUT2D eigenvalue weighted by molar-refractivity contribution is 7.80. The Hall–Kier alpha value is -3.13. The SMILES string of the molecule is O=C(/C=C/c1ccc([N+](=O)[O-])cc1)NC(=S)Nc1ccc(F)cc1. The summed E-state index contributed by atoms with van der Waals surface area (Å²) in [6.45, 7) is 0. The number of anilines is 1. The van der Waals surface area contributed by atoms with Gasteiger partial charge in [-0.05, 0) is 60.3 Å². The number of non-ortho nitro benzene ring substituents is 1. The zero-order valence-electron chi connectivity index (χ0n) is 12.2. The molecule has 2 aromatic rings. The molecule has 0 fully saturated rings. The number of thiocarbonyl (C=S) groups is 1. The van der Waals surface area contributed by atoms with Crippen LogP contribution < -0.4 is 10.6 Å². The Bertz CT molecular complexity index is 789. The molecule has 1 amide bonds. The van der Waals surface area contributed by atoms with E-state index >= 15 is 0 Å². The molecule has 2 N–H and O–H groups in total. The van der Waals surface area contributed by atoms with Crippen molar-refractivity contribution in [3.05, 3.63) is 76.1 Å². The smallest absolute Gasteiger partial charge is 0.269 e. The summed E-state index contributed by atoms with van der Waals surface area (Å²) in [5.74, 6) is -0.838. The molecular weight excluding hydrogens is 333 g/mol. The molecule has 0 heterocycles. The highest BCUT2D eigenvalue weighted by Crippen LogP contribution is 2.12. The van der Waals surface area contributed by atoms with Gasteiger partial charge in [0.25, 0.3) is 5.69 Å². The summed E-state index contributed by atoms with van der Waals surface area (Å²) in [5.41, 5.74) is 1.15. The molecule has 0 unspecified atom stereocenters. The number of benzene rings is 2. The van der Waals surface area contributed by atoms with E-state index in [0.717, 1.165) is 0 Å². The van der Waals surface area contributed by atoms with Gasteiger partial charge in [-0.1, -0.05) is 0 Å². The zero-order valence-corrected chi connectivity index (χ0v) is 13.0. The molecule has 0 aromatic heterocycles. The van der Waals surface area contributed by atoms with Gasteiger partial charge in [0.15, 0.2) is 5.11 Å². The Labute approximate surface area is 142 Å². The Morgan fingerprint density at radius 3 is 2.33 bits per heavy atom. The van der Waals surface area contributed by atoms with Gasteiger partial charge in [-0.15, -0.1) is 0 Å². The Balaban J connectivity index is 1.88. The molecule has 0 radical (unpaired) electrons. The fourth-order valence-corrected chi connectivity index (χ4v) is 1.95. The normalized spacial score (nSPS) is 10.4. The number of carbonyl (C=O) groups is 1. The number of rotatable bonds is 4. The summed E-state index contributed by atoms with van der Waals surface area (Å²) in [6, 6.07) is 11.2. The minimum atomic E-state index is -0.500. The monoisotopic (exact) mass is 345 g/mol. The number of hydrogen-bond donors (Lipinski definition) is 2. The topological polar surface area (TPSA) is 84.3 Å². The van der Waals surface area contributed by atoms with Crippen molar-refractivity contribution in [2.24, 2.45) is 0 Å². The quantitative estimate of drug-likeness (QED) is 0.385. The number of nitrogens with one attached hydrogen (secondary N) is 2. The number of carbonyl (C=O) groups excluding carboxylic acids is 1. The van der Waals surface area contributed by atoms with Crippen molar-refractivity contribution in [3.8, 4) is 0 Å². The first-order chi connectivity index (χ1) is 11.4. The Morgan fingerprint density at radius 2 is 1.75 bits per heavy atom. The summed E-state index contributed by atoms with van der Waals surface area (Å²) in [5, 5.41) is 15.8. The van der Waals surface area contributed by atoms with Crippen LogP contribution in [0.5, 0.6) is 0 Å². The highest BCUT2D eigenvalue weighted by Gasteiger charge is 2.04. The molecule has 0 aliphatic rings. The molecule has 0 bridgehead atoms. The Kier molecular flexibility index (Phi) is 5.69. The maximum Gasteiger partial charge on any atom is 0.269 e. The zero-order chi connectivity index (χ0) is 17.5. The second kappa shape index (κ2) is 7.93. The van der Waals surface area contributed by atoms with Gasteiger partial charge in [0.1, 0.15) is 5.82 Å². The second-order valence-electron chi connectivity index (χ2n) is 4.63. The average molecular weight is 345 g/mol. The van der Waals surface area contributed by atoms with E-state index in [-0.39, 0.29) is 16.6 Å². The Morgan fingerprint density at radius 1 is 1.12 bits per heavy atom. The minimum absolute atomic E-state index is 0.0266. The van der Waals surface area contributed by atoms with Crippen LogP contribution >= 0.6 is 12.2 Å². The molecule has 0 atom stereocenters. The molecular formula is C16H12FN3O3S. The summed E-state index contributed by atoms with van der Waals surface area (Å²) in [7, 11) is 0. The van der Waals surface area contributed by atoms with Crippen LogP contribution in [0.15, 0.2) is 54.6 Å². The van der Waals surface area contributed by atoms with Crippen molar-refractivity contribution in [1.29, 1.82) is 0 Å². The van der Waals surface area contributed by atoms with Crippen LogP contribution in [-0.2, 0) is 4.79 Å². The van der Waals surface area contributed by atoms with Crippen LogP contribution in [0.1, 0.15) is 5.56 Å². The summed E-state index contributed by atoms with van der Waals surface area (Å²) in [6.07, 6.45) is 2.75. The van der Waals surface area contributed by atoms with Crippen molar-refractivity contribution in [2.45, 2.75) is 0 Å². The van der Waals surface area contributed by atoms with E-state index in [9.17, 15) is 19.3 Å². The molecule has 122 valence electrons. The molecule has 8 heteroatoms. The van der Waals surface area contributed by atoms with Gasteiger partial charge in [0.05, 0.1) is 4.92 Å². The van der Waals surface area contributed by atoms with Gasteiger partial charge in [-0.2, -0.15) is 0 Å². The third kappa shape index (κ3) is 5.25. The molecule has 0 aliphatic carbocycles. The van der Waals surface area contributed by atoms with E-state index in [1.807, 2.05) is 0 Å². The molecule has 24 heavy (non-hydrogen) atoms. The standard InChI is InChI=1S/C16H12FN3O3S/c17-12-4-6-13(7-5-12)18-16(24)19-15(21)10-3-11-1-8-14(9-2-11)20(22)23/h1-10H,(H2,18,19,21,24)/b10-3+. The van der Waals surface area contributed by atoms with Crippen LogP contribution in [0.25, 0.3) is 6.08 Å². The van der Waals surface area contributed by atoms with Crippen LogP contribution in [0.3, 0.4) is 0 Å². The molecule has 2 aromatic carbocycles. The van der Waals surface area contributed by atoms with Crippen molar-refractivity contribution in [1.82, 2.24) is 5.32 Å². The number of amides is 1. The lowest BCUT2D eigenvalue weighted by Crippen LogP contribution is -2.32. The van der Waals surface area contributed by atoms with Crippen LogP contribution in [-0.4, -0.2) is 15.9 Å². The predicted molar refractivity (Wildman–Crippen MR) is 92.9 cm³/mol. The highest BCUT2D eigenvalue weighted by atomic mass is 32.1. The van der Waals surface area contributed by atoms with E-state index in [0.29, 0.717) is 11.3 Å². The molecule has 2 rings (SSSR count). The summed E-state index contributed by atoms with van der Waals surface area (Å²) >= 11 is 4.98. The number of nitro groups is 1. The average Bonchev–Trinajstić information content (AvgIpc) is 2.55. The van der Waals surface area contributed by atoms with E-state index in [1.54, 1.807) is 0 Å². The van der Waals surface area contributed by atoms with Gasteiger partial charge in [0.2, 0.25) is 5.91 Å². The minimum Gasteiger partial charge on any atom is -0.332 e. The van der Waals surface area contributed by atoms with Crippen LogP contribution in [0.2, 0.25) is 0 Å². The largest absolute Gasteiger partial charge is 0.332 e. The van der Waals surface area contributed by atoms with Crippen LogP contribution in [0.4, 0.5) is 15.8 Å². The number of nitrogens with zero attached hydrogens (tertiary/aromatic N) is 1. The fraction of sp³-hybridized carbons (Fsp3) is 0. The fourth-order valence-electron chi connectivity index (χ4n) is 1.73. The van der Waals surface area contributed by atoms with E-state index in [2.05, 4.69) is 10.6 Å². The number of hydrogen-bond acceptors (Lipinski definition) is 4. The van der Waals surface area contributed by atoms with Gasteiger partial charge in [0, 0.05) is 23.9 Å². The van der Waals surface area contributed by atoms with Gasteiger partial charge >= 0.3 is 0 Å². The van der Waals surface area contributed by atoms with Gasteiger partial charge in [-0.3, -0.25) is 20.2 Å². The van der Waals surface area contributed by atoms with Crippen molar-refractivity contribution in [3.63, 3.8) is 0 Å². The van der Waals surface area contributed by atoms with E-state index in [4.69, 9.17) is 12.2 Å². The third-order valence-electron chi connectivity index (χ3n) is 2.87. The number of halogens is 1. The first kappa shape index (κ1) is 17.2. The molecule has 0 aliphatic heterocycles. The first-order valence-electron chi connectivity index (χ1n) is 6.74. The first-order valence-corrected chi connectivity index (χ1v) is 7.15. The van der Waals surface area contributed by atoms with Crippen LogP contribution in [0, 0.1) is 15.9 Å². The molecule has 6 nitrogen and oxygen atoms in total. The molecule has 0 saturated carbocycles. The molecule has 0 saturated heterocycles. The maximum absolute atomic E-state index is 12.8. The van der Waals surface area contributed by atoms with Gasteiger partial charge < -0.3 is 5.32 Å². The van der Waals surface area contributed by atoms with Crippen molar-refractivity contribution < 1.29 is 14.1 Å². The van der Waals surface area contributed by atoms with Gasteiger partial charge in [-0.25, -0.2) is 4.39 Å². The van der Waals surface area contributed by atoms with Crippen molar-refractivity contribution >= 4 is 40.7 Å². The number of nitro benzene ring substituents is 1. The second-order valence-corrected chi connectivity index (χ2v) is 5.04. The maximum atomic E-state index is 12.8. The lowest BCUT2D eigenvalue weighted by atomic mass is 10.2. The summed E-state index contributed by atoms with van der Waals surface area (Å²) in [4.78, 5) is 21.8. The summed E-state index contributed by atoms with van der Waals surface area (Å²) < 4.78 is 12.8. The van der Waals surface area contributed by atoms with Crippen molar-refractivity contribution in [2.75, 3.05) is 5.32 Å². The lowest BCUT2D eigenvalue weighted by molar-refractivity contribution is -0.384. The van der Waals surface area contributed by atoms with E-state index in [1.165, 1.54) is 60.7 Å². The lowest BCUT2D eigenvalue weighted by Gasteiger charge is -2.07. The van der Waals surface area contributed by atoms with E-state index < -0.39 is 10.8 Å².